The normalized spacial score (nSPS) is 13.9. The van der Waals surface area contributed by atoms with E-state index in [1.807, 2.05) is 49.8 Å². The maximum Gasteiger partial charge on any atom is 0.320 e. The molecule has 0 aliphatic carbocycles. The maximum absolute atomic E-state index is 10.6. The highest BCUT2D eigenvalue weighted by Gasteiger charge is 2.19. The molecular weight excluding hydrogens is 422 g/mol. The topological polar surface area (TPSA) is 103 Å². The second-order valence-electron chi connectivity index (χ2n) is 7.75. The van der Waals surface area contributed by atoms with Gasteiger partial charge >= 0.3 is 6.01 Å². The number of ether oxygens (including phenoxy) is 2. The Labute approximate surface area is 191 Å². The van der Waals surface area contributed by atoms with Crippen molar-refractivity contribution in [2.24, 2.45) is 7.05 Å². The van der Waals surface area contributed by atoms with Gasteiger partial charge in [-0.3, -0.25) is 4.68 Å². The molecule has 10 nitrogen and oxygen atoms in total. The van der Waals surface area contributed by atoms with Gasteiger partial charge in [-0.2, -0.15) is 24.8 Å². The first-order valence-electron chi connectivity index (χ1n) is 10.8. The molecule has 1 aromatic carbocycles. The van der Waals surface area contributed by atoms with Gasteiger partial charge in [0.2, 0.25) is 5.88 Å². The minimum atomic E-state index is -0.0122. The third-order valence-electron chi connectivity index (χ3n) is 5.37. The van der Waals surface area contributed by atoms with Crippen molar-refractivity contribution in [3.8, 4) is 29.0 Å². The standard InChI is InChI=1S/C23H25N7O3/c1-28-16-17(15-24-28)7-10-33-23-25-20(29-8-11-32-12-9-29)14-21(26-23)30-22(31)13-19(27-30)18-5-3-2-4-6-18/h2-6,13-16,31H,7-12H2,1H3. The van der Waals surface area contributed by atoms with Gasteiger partial charge in [0.1, 0.15) is 5.82 Å². The number of aromatic nitrogens is 6. The predicted molar refractivity (Wildman–Crippen MR) is 122 cm³/mol. The van der Waals surface area contributed by atoms with E-state index in [1.165, 1.54) is 4.68 Å². The van der Waals surface area contributed by atoms with Gasteiger partial charge in [-0.05, 0) is 5.56 Å². The van der Waals surface area contributed by atoms with E-state index < -0.39 is 0 Å². The number of anilines is 1. The fourth-order valence-electron chi connectivity index (χ4n) is 3.68. The number of rotatable bonds is 7. The number of benzene rings is 1. The molecule has 5 rings (SSSR count). The summed E-state index contributed by atoms with van der Waals surface area (Å²) in [5.41, 5.74) is 2.62. The second kappa shape index (κ2) is 9.29. The Morgan fingerprint density at radius 3 is 2.61 bits per heavy atom. The molecule has 1 fully saturated rings. The third kappa shape index (κ3) is 4.80. The van der Waals surface area contributed by atoms with Crippen LogP contribution in [0.5, 0.6) is 11.9 Å². The monoisotopic (exact) mass is 447 g/mol. The van der Waals surface area contributed by atoms with Crippen LogP contribution in [0.25, 0.3) is 17.1 Å². The highest BCUT2D eigenvalue weighted by Crippen LogP contribution is 2.27. The summed E-state index contributed by atoms with van der Waals surface area (Å²) in [5.74, 6) is 1.13. The van der Waals surface area contributed by atoms with Crippen molar-refractivity contribution >= 4 is 5.82 Å². The zero-order chi connectivity index (χ0) is 22.6. The van der Waals surface area contributed by atoms with Crippen LogP contribution in [0.15, 0.2) is 54.9 Å². The van der Waals surface area contributed by atoms with Gasteiger partial charge < -0.3 is 19.5 Å². The molecule has 10 heteroatoms. The van der Waals surface area contributed by atoms with Crippen molar-refractivity contribution in [2.75, 3.05) is 37.8 Å². The average molecular weight is 447 g/mol. The second-order valence-corrected chi connectivity index (χ2v) is 7.75. The van der Waals surface area contributed by atoms with Crippen molar-refractivity contribution in [1.82, 2.24) is 29.5 Å². The molecule has 33 heavy (non-hydrogen) atoms. The minimum Gasteiger partial charge on any atom is -0.493 e. The highest BCUT2D eigenvalue weighted by molar-refractivity contribution is 5.61. The van der Waals surface area contributed by atoms with E-state index in [0.29, 0.717) is 56.7 Å². The van der Waals surface area contributed by atoms with E-state index >= 15 is 0 Å². The number of aromatic hydroxyl groups is 1. The van der Waals surface area contributed by atoms with E-state index in [1.54, 1.807) is 16.8 Å². The van der Waals surface area contributed by atoms with Crippen molar-refractivity contribution < 1.29 is 14.6 Å². The quantitative estimate of drug-likeness (QED) is 0.460. The number of hydrogen-bond donors (Lipinski definition) is 1. The number of hydrogen-bond acceptors (Lipinski definition) is 8. The van der Waals surface area contributed by atoms with E-state index in [4.69, 9.17) is 9.47 Å². The lowest BCUT2D eigenvalue weighted by molar-refractivity contribution is 0.122. The number of nitrogens with zero attached hydrogens (tertiary/aromatic N) is 7. The molecule has 170 valence electrons. The van der Waals surface area contributed by atoms with Gasteiger partial charge in [0.25, 0.3) is 0 Å². The molecule has 0 amide bonds. The van der Waals surface area contributed by atoms with E-state index in [2.05, 4.69) is 25.1 Å². The average Bonchev–Trinajstić information content (AvgIpc) is 3.45. The Bertz CT molecular complexity index is 1220. The third-order valence-corrected chi connectivity index (χ3v) is 5.37. The van der Waals surface area contributed by atoms with Crippen molar-refractivity contribution in [2.45, 2.75) is 6.42 Å². The number of morpholine rings is 1. The number of aryl methyl sites for hydroxylation is 1. The van der Waals surface area contributed by atoms with E-state index in [0.717, 1.165) is 11.1 Å². The van der Waals surface area contributed by atoms with Gasteiger partial charge in [0.15, 0.2) is 5.82 Å². The Morgan fingerprint density at radius 2 is 1.85 bits per heavy atom. The molecule has 1 aliphatic rings. The minimum absolute atomic E-state index is 0.0122. The predicted octanol–water partition coefficient (Wildman–Crippen LogP) is 2.23. The highest BCUT2D eigenvalue weighted by atomic mass is 16.5. The molecule has 0 bridgehead atoms. The zero-order valence-corrected chi connectivity index (χ0v) is 18.3. The summed E-state index contributed by atoms with van der Waals surface area (Å²) in [5, 5.41) is 19.4. The molecule has 1 aliphatic heterocycles. The summed E-state index contributed by atoms with van der Waals surface area (Å²) < 4.78 is 14.5. The summed E-state index contributed by atoms with van der Waals surface area (Å²) in [6.07, 6.45) is 4.44. The van der Waals surface area contributed by atoms with Crippen LogP contribution in [0.3, 0.4) is 0 Å². The summed E-state index contributed by atoms with van der Waals surface area (Å²) in [7, 11) is 1.88. The molecule has 0 saturated carbocycles. The van der Waals surface area contributed by atoms with Crippen LogP contribution >= 0.6 is 0 Å². The fourth-order valence-corrected chi connectivity index (χ4v) is 3.68. The van der Waals surface area contributed by atoms with Crippen molar-refractivity contribution in [1.29, 1.82) is 0 Å². The van der Waals surface area contributed by atoms with Gasteiger partial charge in [0, 0.05) is 50.5 Å². The SMILES string of the molecule is Cn1cc(CCOc2nc(N3CCOCC3)cc(-n3nc(-c4ccccc4)cc3O)n2)cn1. The smallest absolute Gasteiger partial charge is 0.320 e. The van der Waals surface area contributed by atoms with E-state index in [-0.39, 0.29) is 11.9 Å². The first kappa shape index (κ1) is 21.0. The Kier molecular flexibility index (Phi) is 5.90. The first-order chi connectivity index (χ1) is 16.2. The molecule has 3 aromatic heterocycles. The molecule has 1 saturated heterocycles. The summed E-state index contributed by atoms with van der Waals surface area (Å²) in [6, 6.07) is 13.3. The van der Waals surface area contributed by atoms with Crippen LogP contribution in [-0.2, 0) is 18.2 Å². The van der Waals surface area contributed by atoms with E-state index in [9.17, 15) is 5.11 Å². The van der Waals surface area contributed by atoms with Crippen LogP contribution in [0.1, 0.15) is 5.56 Å². The molecule has 4 aromatic rings. The van der Waals surface area contributed by atoms with Crippen LogP contribution in [-0.4, -0.2) is 67.5 Å². The summed E-state index contributed by atoms with van der Waals surface area (Å²) in [4.78, 5) is 11.3. The van der Waals surface area contributed by atoms with Crippen molar-refractivity contribution in [3.05, 3.63) is 60.4 Å². The van der Waals surface area contributed by atoms with Gasteiger partial charge in [0.05, 0.1) is 31.7 Å². The lowest BCUT2D eigenvalue weighted by Crippen LogP contribution is -2.37. The lowest BCUT2D eigenvalue weighted by atomic mass is 10.2. The summed E-state index contributed by atoms with van der Waals surface area (Å²) >= 11 is 0. The lowest BCUT2D eigenvalue weighted by Gasteiger charge is -2.28. The van der Waals surface area contributed by atoms with Crippen LogP contribution in [0, 0.1) is 0 Å². The largest absolute Gasteiger partial charge is 0.493 e. The molecular formula is C23H25N7O3. The van der Waals surface area contributed by atoms with Crippen LogP contribution in [0.4, 0.5) is 5.82 Å². The fraction of sp³-hybridized carbons (Fsp3) is 0.304. The Morgan fingerprint density at radius 1 is 1.06 bits per heavy atom. The Balaban J connectivity index is 1.44. The first-order valence-corrected chi connectivity index (χ1v) is 10.8. The van der Waals surface area contributed by atoms with Crippen LogP contribution < -0.4 is 9.64 Å². The van der Waals surface area contributed by atoms with Gasteiger partial charge in [-0.1, -0.05) is 30.3 Å². The maximum atomic E-state index is 10.6. The summed E-state index contributed by atoms with van der Waals surface area (Å²) in [6.45, 7) is 3.08. The molecule has 0 radical (unpaired) electrons. The van der Waals surface area contributed by atoms with Crippen LogP contribution in [0.2, 0.25) is 0 Å². The molecule has 4 heterocycles. The Hall–Kier alpha value is -3.92. The van der Waals surface area contributed by atoms with Gasteiger partial charge in [-0.25, -0.2) is 0 Å². The van der Waals surface area contributed by atoms with Crippen molar-refractivity contribution in [3.63, 3.8) is 0 Å². The zero-order valence-electron chi connectivity index (χ0n) is 18.3. The molecule has 1 N–H and O–H groups in total. The molecule has 0 spiro atoms. The van der Waals surface area contributed by atoms with Gasteiger partial charge in [-0.15, -0.1) is 0 Å². The molecule has 0 unspecified atom stereocenters. The molecule has 0 atom stereocenters.